The topological polar surface area (TPSA) is 127 Å². The number of carbonyl (C=O) groups is 1. The summed E-state index contributed by atoms with van der Waals surface area (Å²) in [7, 11) is 3.26. The van der Waals surface area contributed by atoms with Gasteiger partial charge in [-0.05, 0) is 30.3 Å². The molecule has 3 rings (SSSR count). The van der Waals surface area contributed by atoms with E-state index in [-0.39, 0.29) is 17.2 Å². The molecule has 2 atom stereocenters. The Balaban J connectivity index is 2.21. The van der Waals surface area contributed by atoms with Gasteiger partial charge in [0.15, 0.2) is 0 Å². The van der Waals surface area contributed by atoms with E-state index in [1.54, 1.807) is 24.3 Å². The monoisotopic (exact) mass is 373 g/mol. The van der Waals surface area contributed by atoms with Crippen molar-refractivity contribution in [3.8, 4) is 18.2 Å². The van der Waals surface area contributed by atoms with Crippen LogP contribution in [0.25, 0.3) is 0 Å². The maximum absolute atomic E-state index is 11.7. The number of nitrogens with two attached hydrogens (primary N) is 1. The third-order valence-corrected chi connectivity index (χ3v) is 5.52. The first-order valence-electron chi connectivity index (χ1n) is 8.73. The fraction of sp³-hybridized carbons (Fsp3) is 0.333. The van der Waals surface area contributed by atoms with Crippen molar-refractivity contribution in [3.63, 3.8) is 0 Å². The van der Waals surface area contributed by atoms with E-state index < -0.39 is 17.3 Å². The molecule has 1 aromatic rings. The standard InChI is InChI=1S/C21H19N5O2/c1-26-8-7-17-16(10-26)18(13-3-5-14(6-4-13)20(27)28-2)15(9-22)19(25)21(17,11-23)12-24/h3-7,16,18H,8,10,25H2,1-2H3/t16-,18-/m0/s1. The van der Waals surface area contributed by atoms with Gasteiger partial charge in [0.2, 0.25) is 5.41 Å². The van der Waals surface area contributed by atoms with Crippen molar-refractivity contribution in [2.75, 3.05) is 27.2 Å². The lowest BCUT2D eigenvalue weighted by Gasteiger charge is -2.44. The van der Waals surface area contributed by atoms with Gasteiger partial charge in [-0.3, -0.25) is 0 Å². The summed E-state index contributed by atoms with van der Waals surface area (Å²) >= 11 is 0. The molecule has 1 aromatic carbocycles. The minimum absolute atomic E-state index is 0.00547. The van der Waals surface area contributed by atoms with Crippen LogP contribution in [0.2, 0.25) is 0 Å². The first-order valence-corrected chi connectivity index (χ1v) is 8.73. The second-order valence-corrected chi connectivity index (χ2v) is 6.99. The Morgan fingerprint density at radius 3 is 2.43 bits per heavy atom. The number of carbonyl (C=O) groups excluding carboxylic acids is 1. The highest BCUT2D eigenvalue weighted by molar-refractivity contribution is 5.89. The number of ether oxygens (including phenoxy) is 1. The maximum atomic E-state index is 11.7. The van der Waals surface area contributed by atoms with Crippen LogP contribution in [0.15, 0.2) is 47.2 Å². The number of likely N-dealkylation sites (N-methyl/N-ethyl adjacent to an activating group) is 1. The molecule has 0 unspecified atom stereocenters. The molecule has 0 saturated heterocycles. The van der Waals surface area contributed by atoms with E-state index in [2.05, 4.69) is 23.1 Å². The van der Waals surface area contributed by atoms with E-state index in [0.717, 1.165) is 5.56 Å². The second-order valence-electron chi connectivity index (χ2n) is 6.99. The highest BCUT2D eigenvalue weighted by atomic mass is 16.5. The molecule has 140 valence electrons. The molecule has 0 fully saturated rings. The SMILES string of the molecule is COC(=O)c1ccc([C@H]2C(C#N)=C(N)C(C#N)(C#N)C3=CCN(C)C[C@@H]32)cc1. The lowest BCUT2D eigenvalue weighted by molar-refractivity contribution is 0.0600. The second kappa shape index (κ2) is 7.19. The zero-order valence-corrected chi connectivity index (χ0v) is 15.6. The molecule has 1 aliphatic heterocycles. The fourth-order valence-electron chi connectivity index (χ4n) is 4.10. The average Bonchev–Trinajstić information content (AvgIpc) is 2.73. The molecule has 0 radical (unpaired) electrons. The Bertz CT molecular complexity index is 987. The number of hydrogen-bond acceptors (Lipinski definition) is 7. The third kappa shape index (κ3) is 2.72. The number of nitriles is 3. The molecule has 0 aromatic heterocycles. The zero-order chi connectivity index (χ0) is 20.5. The van der Waals surface area contributed by atoms with E-state index in [1.165, 1.54) is 7.11 Å². The molecule has 28 heavy (non-hydrogen) atoms. The first-order chi connectivity index (χ1) is 13.4. The van der Waals surface area contributed by atoms with Gasteiger partial charge in [0.1, 0.15) is 0 Å². The van der Waals surface area contributed by atoms with E-state index in [0.29, 0.717) is 24.2 Å². The van der Waals surface area contributed by atoms with Crippen molar-refractivity contribution < 1.29 is 9.53 Å². The van der Waals surface area contributed by atoms with Crippen LogP contribution in [0.1, 0.15) is 21.8 Å². The predicted molar refractivity (Wildman–Crippen MR) is 100 cm³/mol. The lowest BCUT2D eigenvalue weighted by Crippen LogP contribution is -2.46. The van der Waals surface area contributed by atoms with Crippen molar-refractivity contribution >= 4 is 5.97 Å². The summed E-state index contributed by atoms with van der Waals surface area (Å²) in [5.74, 6) is -1.10. The Labute approximate surface area is 163 Å². The van der Waals surface area contributed by atoms with Gasteiger partial charge in [-0.2, -0.15) is 15.8 Å². The van der Waals surface area contributed by atoms with Gasteiger partial charge in [0.25, 0.3) is 0 Å². The van der Waals surface area contributed by atoms with Crippen LogP contribution in [0.3, 0.4) is 0 Å². The Hall–Kier alpha value is -3.60. The highest BCUT2D eigenvalue weighted by Gasteiger charge is 2.52. The normalized spacial score (nSPS) is 23.5. The minimum atomic E-state index is -1.63. The predicted octanol–water partition coefficient (Wildman–Crippen LogP) is 1.83. The number of methoxy groups -OCH3 is 1. The quantitative estimate of drug-likeness (QED) is 0.619. The molecular formula is C21H19N5O2. The van der Waals surface area contributed by atoms with Crippen molar-refractivity contribution in [1.29, 1.82) is 15.8 Å². The van der Waals surface area contributed by atoms with Crippen LogP contribution in [0, 0.1) is 45.3 Å². The van der Waals surface area contributed by atoms with Gasteiger partial charge >= 0.3 is 5.97 Å². The van der Waals surface area contributed by atoms with Crippen molar-refractivity contribution in [3.05, 3.63) is 58.3 Å². The van der Waals surface area contributed by atoms with E-state index >= 15 is 0 Å². The number of rotatable bonds is 2. The third-order valence-electron chi connectivity index (χ3n) is 5.52. The minimum Gasteiger partial charge on any atom is -0.465 e. The molecule has 0 bridgehead atoms. The van der Waals surface area contributed by atoms with Crippen LogP contribution >= 0.6 is 0 Å². The van der Waals surface area contributed by atoms with Crippen LogP contribution in [-0.2, 0) is 4.74 Å². The smallest absolute Gasteiger partial charge is 0.337 e. The van der Waals surface area contributed by atoms with Crippen molar-refractivity contribution in [2.45, 2.75) is 5.92 Å². The van der Waals surface area contributed by atoms with Gasteiger partial charge in [-0.15, -0.1) is 0 Å². The Morgan fingerprint density at radius 2 is 1.89 bits per heavy atom. The number of allylic oxidation sites excluding steroid dienone is 2. The Kier molecular flexibility index (Phi) is 4.92. The molecule has 2 aliphatic rings. The summed E-state index contributed by atoms with van der Waals surface area (Å²) < 4.78 is 4.73. The van der Waals surface area contributed by atoms with Gasteiger partial charge in [0, 0.05) is 24.9 Å². The van der Waals surface area contributed by atoms with E-state index in [9.17, 15) is 20.6 Å². The number of benzene rings is 1. The Morgan fingerprint density at radius 1 is 1.25 bits per heavy atom. The van der Waals surface area contributed by atoms with Crippen LogP contribution in [0.5, 0.6) is 0 Å². The van der Waals surface area contributed by atoms with E-state index in [1.807, 2.05) is 13.1 Å². The van der Waals surface area contributed by atoms with Crippen LogP contribution in [-0.4, -0.2) is 38.1 Å². The number of nitrogens with zero attached hydrogens (tertiary/aromatic N) is 4. The summed E-state index contributed by atoms with van der Waals surface area (Å²) in [6.07, 6.45) is 1.87. The summed E-state index contributed by atoms with van der Waals surface area (Å²) in [4.78, 5) is 13.8. The van der Waals surface area contributed by atoms with Crippen molar-refractivity contribution in [1.82, 2.24) is 4.90 Å². The molecule has 7 nitrogen and oxygen atoms in total. The summed E-state index contributed by atoms with van der Waals surface area (Å²) in [6.45, 7) is 1.18. The first kappa shape index (κ1) is 19.2. The van der Waals surface area contributed by atoms with Gasteiger partial charge in [0.05, 0.1) is 42.2 Å². The number of fused-ring (bicyclic) bond motifs is 1. The number of hydrogen-bond donors (Lipinski definition) is 1. The molecule has 0 saturated carbocycles. The highest BCUT2D eigenvalue weighted by Crippen LogP contribution is 2.52. The van der Waals surface area contributed by atoms with Gasteiger partial charge < -0.3 is 15.4 Å². The average molecular weight is 373 g/mol. The van der Waals surface area contributed by atoms with Gasteiger partial charge in [-0.25, -0.2) is 4.79 Å². The van der Waals surface area contributed by atoms with Crippen LogP contribution in [0.4, 0.5) is 0 Å². The number of esters is 1. The molecule has 1 aliphatic carbocycles. The van der Waals surface area contributed by atoms with Gasteiger partial charge in [-0.1, -0.05) is 18.2 Å². The molecular weight excluding hydrogens is 354 g/mol. The van der Waals surface area contributed by atoms with E-state index in [4.69, 9.17) is 10.5 Å². The molecule has 0 amide bonds. The summed E-state index contributed by atoms with van der Waals surface area (Å²) in [6, 6.07) is 13.1. The van der Waals surface area contributed by atoms with Crippen LogP contribution < -0.4 is 5.73 Å². The molecule has 2 N–H and O–H groups in total. The molecule has 7 heteroatoms. The lowest BCUT2D eigenvalue weighted by atomic mass is 9.60. The maximum Gasteiger partial charge on any atom is 0.337 e. The summed E-state index contributed by atoms with van der Waals surface area (Å²) in [5.41, 5.74) is 6.68. The molecule has 1 heterocycles. The largest absolute Gasteiger partial charge is 0.465 e. The zero-order valence-electron chi connectivity index (χ0n) is 15.6. The molecule has 0 spiro atoms. The van der Waals surface area contributed by atoms with Crippen molar-refractivity contribution in [2.24, 2.45) is 17.1 Å². The fourth-order valence-corrected chi connectivity index (χ4v) is 4.10. The summed E-state index contributed by atoms with van der Waals surface area (Å²) in [5, 5.41) is 29.5.